The first kappa shape index (κ1) is 25.2. The van der Waals surface area contributed by atoms with Gasteiger partial charge in [-0.2, -0.15) is 13.2 Å². The van der Waals surface area contributed by atoms with Crippen LogP contribution >= 0.6 is 0 Å². The molecule has 182 valence electrons. The summed E-state index contributed by atoms with van der Waals surface area (Å²) in [5.74, 6) is 0.303. The average molecular weight is 497 g/mol. The van der Waals surface area contributed by atoms with Crippen molar-refractivity contribution in [1.29, 1.82) is 0 Å². The largest absolute Gasteiger partial charge is 0.468 e. The number of carbonyl (C=O) groups is 1. The second kappa shape index (κ2) is 10.7. The van der Waals surface area contributed by atoms with Gasteiger partial charge in [0.2, 0.25) is 10.0 Å². The Kier molecular flexibility index (Phi) is 7.94. The Labute approximate surface area is 194 Å². The average Bonchev–Trinajstić information content (AvgIpc) is 3.31. The van der Waals surface area contributed by atoms with Crippen molar-refractivity contribution in [3.05, 3.63) is 77.4 Å². The van der Waals surface area contributed by atoms with Crippen LogP contribution in [0.2, 0.25) is 0 Å². The molecule has 0 aliphatic rings. The first-order valence-corrected chi connectivity index (χ1v) is 11.7. The number of amides is 1. The van der Waals surface area contributed by atoms with Gasteiger partial charge in [-0.1, -0.05) is 6.07 Å². The van der Waals surface area contributed by atoms with E-state index in [1.54, 1.807) is 25.1 Å². The molecule has 34 heavy (non-hydrogen) atoms. The lowest BCUT2D eigenvalue weighted by atomic mass is 10.1. The van der Waals surface area contributed by atoms with Gasteiger partial charge in [-0.05, 0) is 55.3 Å². The van der Waals surface area contributed by atoms with Crippen molar-refractivity contribution < 1.29 is 30.8 Å². The Hall–Kier alpha value is -3.38. The molecule has 2 heterocycles. The van der Waals surface area contributed by atoms with E-state index in [0.29, 0.717) is 24.3 Å². The van der Waals surface area contributed by atoms with Gasteiger partial charge in [0.1, 0.15) is 11.6 Å². The first-order chi connectivity index (χ1) is 16.1. The van der Waals surface area contributed by atoms with Crippen LogP contribution < -0.4 is 15.4 Å². The number of furan rings is 1. The molecule has 12 heteroatoms. The maximum Gasteiger partial charge on any atom is 0.417 e. The highest BCUT2D eigenvalue weighted by molar-refractivity contribution is 7.89. The number of hydrogen-bond donors (Lipinski definition) is 3. The summed E-state index contributed by atoms with van der Waals surface area (Å²) in [6.07, 6.45) is -1.79. The Morgan fingerprint density at radius 2 is 1.91 bits per heavy atom. The number of anilines is 1. The molecule has 1 amide bonds. The Bertz CT molecular complexity index is 1210. The molecule has 8 nitrogen and oxygen atoms in total. The molecule has 0 unspecified atom stereocenters. The van der Waals surface area contributed by atoms with E-state index in [9.17, 15) is 26.4 Å². The van der Waals surface area contributed by atoms with Crippen LogP contribution in [-0.2, 0) is 22.7 Å². The molecular formula is C22H23F3N4O4S. The van der Waals surface area contributed by atoms with Crippen molar-refractivity contribution in [2.45, 2.75) is 31.0 Å². The third kappa shape index (κ3) is 6.81. The van der Waals surface area contributed by atoms with Gasteiger partial charge in [-0.15, -0.1) is 0 Å². The van der Waals surface area contributed by atoms with Crippen molar-refractivity contribution in [2.75, 3.05) is 18.4 Å². The lowest BCUT2D eigenvalue weighted by Crippen LogP contribution is -2.27. The molecule has 0 radical (unpaired) electrons. The molecule has 0 fully saturated rings. The lowest BCUT2D eigenvalue weighted by Gasteiger charge is -2.11. The van der Waals surface area contributed by atoms with E-state index in [0.717, 1.165) is 12.3 Å². The van der Waals surface area contributed by atoms with Gasteiger partial charge in [0, 0.05) is 24.8 Å². The fraction of sp³-hybridized carbons (Fsp3) is 0.273. The normalized spacial score (nSPS) is 11.9. The Balaban J connectivity index is 1.50. The molecule has 3 aromatic rings. The number of hydrogen-bond acceptors (Lipinski definition) is 6. The summed E-state index contributed by atoms with van der Waals surface area (Å²) in [7, 11) is -3.86. The van der Waals surface area contributed by atoms with E-state index in [-0.39, 0.29) is 29.4 Å². The van der Waals surface area contributed by atoms with Gasteiger partial charge >= 0.3 is 6.18 Å². The monoisotopic (exact) mass is 496 g/mol. The maximum atomic E-state index is 12.6. The molecule has 0 saturated carbocycles. The Morgan fingerprint density at radius 3 is 2.56 bits per heavy atom. The first-order valence-electron chi connectivity index (χ1n) is 10.2. The number of aromatic nitrogens is 1. The summed E-state index contributed by atoms with van der Waals surface area (Å²) in [4.78, 5) is 16.2. The van der Waals surface area contributed by atoms with Gasteiger partial charge in [0.15, 0.2) is 0 Å². The van der Waals surface area contributed by atoms with E-state index >= 15 is 0 Å². The van der Waals surface area contributed by atoms with Crippen LogP contribution in [0.3, 0.4) is 0 Å². The summed E-state index contributed by atoms with van der Waals surface area (Å²) < 4.78 is 70.3. The lowest BCUT2D eigenvalue weighted by molar-refractivity contribution is -0.137. The second-order valence-electron chi connectivity index (χ2n) is 7.35. The van der Waals surface area contributed by atoms with Crippen LogP contribution in [0.5, 0.6) is 0 Å². The third-order valence-corrected chi connectivity index (χ3v) is 6.22. The Morgan fingerprint density at radius 1 is 1.12 bits per heavy atom. The molecule has 0 spiro atoms. The fourth-order valence-corrected chi connectivity index (χ4v) is 3.96. The zero-order valence-corrected chi connectivity index (χ0v) is 19.0. The minimum atomic E-state index is -4.44. The standard InChI is InChI=1S/C22H23F3N4O4S/c1-15-5-7-18(34(31,32)29-14-17-4-2-11-33-17)12-19(15)21(30)27-10-3-9-26-20-8-6-16(13-28-20)22(23,24)25/h2,4-8,11-13,29H,3,9-10,14H2,1H3,(H,26,28)(H,27,30). The molecule has 0 saturated heterocycles. The third-order valence-electron chi connectivity index (χ3n) is 4.82. The summed E-state index contributed by atoms with van der Waals surface area (Å²) in [5.41, 5.74) is -0.00565. The van der Waals surface area contributed by atoms with Crippen LogP contribution in [0.25, 0.3) is 0 Å². The molecule has 0 aliphatic carbocycles. The predicted octanol–water partition coefficient (Wildman–Crippen LogP) is 3.71. The summed E-state index contributed by atoms with van der Waals surface area (Å²) >= 11 is 0. The maximum absolute atomic E-state index is 12.6. The number of pyridine rings is 1. The van der Waals surface area contributed by atoms with Crippen molar-refractivity contribution in [2.24, 2.45) is 0 Å². The van der Waals surface area contributed by atoms with Crippen molar-refractivity contribution in [3.8, 4) is 0 Å². The molecule has 0 atom stereocenters. The van der Waals surface area contributed by atoms with Crippen LogP contribution in [0.1, 0.15) is 33.7 Å². The molecular weight excluding hydrogens is 473 g/mol. The molecule has 3 N–H and O–H groups in total. The summed E-state index contributed by atoms with van der Waals surface area (Å²) in [5, 5.41) is 5.59. The van der Waals surface area contributed by atoms with Crippen molar-refractivity contribution in [3.63, 3.8) is 0 Å². The number of alkyl halides is 3. The number of nitrogens with zero attached hydrogens (tertiary/aromatic N) is 1. The van der Waals surface area contributed by atoms with E-state index in [1.165, 1.54) is 24.5 Å². The van der Waals surface area contributed by atoms with Gasteiger partial charge in [-0.3, -0.25) is 4.79 Å². The number of sulfonamides is 1. The SMILES string of the molecule is Cc1ccc(S(=O)(=O)NCc2ccco2)cc1C(=O)NCCCNc1ccc(C(F)(F)F)cn1. The number of halogens is 3. The minimum absolute atomic E-state index is 0.0223. The number of nitrogens with one attached hydrogen (secondary N) is 3. The van der Waals surface area contributed by atoms with E-state index in [4.69, 9.17) is 4.42 Å². The number of carbonyl (C=O) groups excluding carboxylic acids is 1. The predicted molar refractivity (Wildman–Crippen MR) is 119 cm³/mol. The molecule has 1 aromatic carbocycles. The highest BCUT2D eigenvalue weighted by Gasteiger charge is 2.30. The molecule has 0 aliphatic heterocycles. The van der Waals surface area contributed by atoms with Crippen LogP contribution in [0, 0.1) is 6.92 Å². The molecule has 3 rings (SSSR count). The quantitative estimate of drug-likeness (QED) is 0.369. The van der Waals surface area contributed by atoms with Gasteiger partial charge < -0.3 is 15.1 Å². The van der Waals surface area contributed by atoms with Crippen molar-refractivity contribution in [1.82, 2.24) is 15.0 Å². The van der Waals surface area contributed by atoms with Crippen LogP contribution in [0.15, 0.2) is 64.2 Å². The molecule has 2 aromatic heterocycles. The summed E-state index contributed by atoms with van der Waals surface area (Å²) in [6, 6.07) is 9.72. The van der Waals surface area contributed by atoms with Crippen molar-refractivity contribution >= 4 is 21.7 Å². The second-order valence-corrected chi connectivity index (χ2v) is 9.11. The number of aryl methyl sites for hydroxylation is 1. The highest BCUT2D eigenvalue weighted by Crippen LogP contribution is 2.28. The fourth-order valence-electron chi connectivity index (χ4n) is 2.94. The zero-order valence-electron chi connectivity index (χ0n) is 18.1. The number of benzene rings is 1. The van der Waals surface area contributed by atoms with E-state index in [1.807, 2.05) is 0 Å². The van der Waals surface area contributed by atoms with Gasteiger partial charge in [-0.25, -0.2) is 18.1 Å². The topological polar surface area (TPSA) is 113 Å². The van der Waals surface area contributed by atoms with Gasteiger partial charge in [0.05, 0.1) is 23.3 Å². The van der Waals surface area contributed by atoms with E-state index < -0.39 is 27.7 Å². The molecule has 0 bridgehead atoms. The minimum Gasteiger partial charge on any atom is -0.468 e. The van der Waals surface area contributed by atoms with Crippen LogP contribution in [-0.4, -0.2) is 32.4 Å². The summed E-state index contributed by atoms with van der Waals surface area (Å²) in [6.45, 7) is 2.30. The highest BCUT2D eigenvalue weighted by atomic mass is 32.2. The van der Waals surface area contributed by atoms with E-state index in [2.05, 4.69) is 20.3 Å². The zero-order chi connectivity index (χ0) is 24.8. The number of rotatable bonds is 10. The van der Waals surface area contributed by atoms with Gasteiger partial charge in [0.25, 0.3) is 5.91 Å². The smallest absolute Gasteiger partial charge is 0.417 e. The van der Waals surface area contributed by atoms with Crippen LogP contribution in [0.4, 0.5) is 19.0 Å².